The number of nitrogens with zero attached hydrogens (tertiary/aromatic N) is 1. The second-order valence-electron chi connectivity index (χ2n) is 3.24. The number of aromatic nitrogens is 2. The molecule has 1 heterocycles. The molecule has 0 aliphatic heterocycles. The lowest BCUT2D eigenvalue weighted by Crippen LogP contribution is -2.13. The van der Waals surface area contributed by atoms with Gasteiger partial charge in [0.05, 0.1) is 11.3 Å². The summed E-state index contributed by atoms with van der Waals surface area (Å²) in [5.41, 5.74) is 11.0. The molecule has 5 N–H and O–H groups in total. The van der Waals surface area contributed by atoms with Crippen molar-refractivity contribution in [3.63, 3.8) is 0 Å². The Labute approximate surface area is 101 Å². The minimum atomic E-state index is -0.471. The zero-order valence-electron chi connectivity index (χ0n) is 8.61. The van der Waals surface area contributed by atoms with Gasteiger partial charge < -0.3 is 21.2 Å². The monoisotopic (exact) mass is 252 g/mol. The molecule has 0 unspecified atom stereocenters. The third-order valence-corrected chi connectivity index (χ3v) is 2.31. The van der Waals surface area contributed by atoms with Crippen molar-refractivity contribution in [1.82, 2.24) is 9.97 Å². The van der Waals surface area contributed by atoms with Crippen molar-refractivity contribution >= 4 is 23.0 Å². The van der Waals surface area contributed by atoms with Crippen molar-refractivity contribution in [3.05, 3.63) is 39.9 Å². The van der Waals surface area contributed by atoms with Crippen LogP contribution >= 0.6 is 11.6 Å². The molecule has 0 atom stereocenters. The second kappa shape index (κ2) is 4.34. The summed E-state index contributed by atoms with van der Waals surface area (Å²) in [6.45, 7) is 0. The van der Waals surface area contributed by atoms with Gasteiger partial charge in [0.25, 0.3) is 5.56 Å². The van der Waals surface area contributed by atoms with Crippen LogP contribution in [0.2, 0.25) is 5.02 Å². The fourth-order valence-electron chi connectivity index (χ4n) is 1.18. The molecule has 6 nitrogen and oxygen atoms in total. The average Bonchev–Trinajstić information content (AvgIpc) is 2.28. The first kappa shape index (κ1) is 11.3. The second-order valence-corrected chi connectivity index (χ2v) is 3.65. The van der Waals surface area contributed by atoms with Crippen LogP contribution in [0.3, 0.4) is 0 Å². The highest BCUT2D eigenvalue weighted by Crippen LogP contribution is 2.30. The molecule has 88 valence electrons. The highest BCUT2D eigenvalue weighted by atomic mass is 35.5. The van der Waals surface area contributed by atoms with Crippen molar-refractivity contribution in [2.24, 2.45) is 0 Å². The van der Waals surface area contributed by atoms with Crippen LogP contribution in [0.1, 0.15) is 0 Å². The molecule has 0 saturated carbocycles. The maximum Gasteiger partial charge on any atom is 0.277 e. The smallest absolute Gasteiger partial charge is 0.277 e. The number of hydrogen-bond donors (Lipinski definition) is 3. The number of rotatable bonds is 2. The minimum absolute atomic E-state index is 0.000390. The predicted octanol–water partition coefficient (Wildman–Crippen LogP) is 1.38. The molecule has 2 aromatic rings. The van der Waals surface area contributed by atoms with Gasteiger partial charge in [0.1, 0.15) is 5.75 Å². The van der Waals surface area contributed by atoms with Gasteiger partial charge in [-0.2, -0.15) is 0 Å². The number of H-pyrrole nitrogens is 1. The summed E-state index contributed by atoms with van der Waals surface area (Å²) in [5, 5.41) is 0.312. The third-order valence-electron chi connectivity index (χ3n) is 2.02. The molecule has 0 amide bonds. The summed E-state index contributed by atoms with van der Waals surface area (Å²) >= 11 is 5.91. The van der Waals surface area contributed by atoms with E-state index in [0.29, 0.717) is 16.5 Å². The maximum absolute atomic E-state index is 11.2. The molecule has 0 fully saturated rings. The number of anilines is 2. The number of nitrogen functional groups attached to an aromatic ring is 2. The number of nitrogens with two attached hydrogens (primary N) is 2. The third kappa shape index (κ3) is 2.31. The van der Waals surface area contributed by atoms with Crippen LogP contribution in [0.15, 0.2) is 29.3 Å². The van der Waals surface area contributed by atoms with Crippen molar-refractivity contribution in [2.75, 3.05) is 11.5 Å². The van der Waals surface area contributed by atoms with E-state index < -0.39 is 5.56 Å². The van der Waals surface area contributed by atoms with E-state index in [9.17, 15) is 4.79 Å². The van der Waals surface area contributed by atoms with Gasteiger partial charge in [0, 0.05) is 5.69 Å². The van der Waals surface area contributed by atoms with Crippen LogP contribution in [-0.2, 0) is 0 Å². The molecule has 7 heteroatoms. The zero-order chi connectivity index (χ0) is 12.4. The molecular formula is C10H9ClN4O2. The van der Waals surface area contributed by atoms with Crippen molar-refractivity contribution in [3.8, 4) is 11.6 Å². The Hall–Kier alpha value is -2.21. The Kier molecular flexibility index (Phi) is 2.88. The van der Waals surface area contributed by atoms with Gasteiger partial charge in [-0.05, 0) is 18.2 Å². The lowest BCUT2D eigenvalue weighted by atomic mass is 10.3. The first-order valence-electron chi connectivity index (χ1n) is 4.64. The molecule has 1 aromatic carbocycles. The molecule has 1 aromatic heterocycles. The molecule has 2 rings (SSSR count). The van der Waals surface area contributed by atoms with Crippen molar-refractivity contribution < 1.29 is 4.74 Å². The van der Waals surface area contributed by atoms with E-state index in [4.69, 9.17) is 27.8 Å². The summed E-state index contributed by atoms with van der Waals surface area (Å²) in [6.07, 6.45) is 1.19. The summed E-state index contributed by atoms with van der Waals surface area (Å²) < 4.78 is 5.33. The lowest BCUT2D eigenvalue weighted by Gasteiger charge is -2.08. The fraction of sp³-hybridized carbons (Fsp3) is 0. The molecule has 0 aliphatic carbocycles. The van der Waals surface area contributed by atoms with Gasteiger partial charge in [0.2, 0.25) is 5.88 Å². The Bertz CT molecular complexity index is 611. The van der Waals surface area contributed by atoms with E-state index in [0.717, 1.165) is 0 Å². The highest BCUT2D eigenvalue weighted by Gasteiger charge is 2.09. The molecule has 0 saturated heterocycles. The molecule has 0 spiro atoms. The summed E-state index contributed by atoms with van der Waals surface area (Å²) in [4.78, 5) is 17.3. The largest absolute Gasteiger partial charge is 0.435 e. The number of benzene rings is 1. The quantitative estimate of drug-likeness (QED) is 0.700. The minimum Gasteiger partial charge on any atom is -0.435 e. The topological polar surface area (TPSA) is 107 Å². The van der Waals surface area contributed by atoms with Crippen LogP contribution in [0, 0.1) is 0 Å². The van der Waals surface area contributed by atoms with Crippen LogP contribution in [0.25, 0.3) is 0 Å². The first-order valence-corrected chi connectivity index (χ1v) is 5.02. The zero-order valence-corrected chi connectivity index (χ0v) is 9.36. The van der Waals surface area contributed by atoms with Gasteiger partial charge in [-0.3, -0.25) is 4.79 Å². The molecular weight excluding hydrogens is 244 g/mol. The van der Waals surface area contributed by atoms with E-state index in [-0.39, 0.29) is 11.6 Å². The Balaban J connectivity index is 2.38. The molecule has 0 radical (unpaired) electrons. The van der Waals surface area contributed by atoms with Crippen LogP contribution in [0.5, 0.6) is 11.6 Å². The predicted molar refractivity (Wildman–Crippen MR) is 65.2 cm³/mol. The van der Waals surface area contributed by atoms with E-state index in [1.807, 2.05) is 0 Å². The number of ether oxygens (including phenoxy) is 1. The van der Waals surface area contributed by atoms with Gasteiger partial charge in [0.15, 0.2) is 5.69 Å². The standard InChI is InChI=1S/C10H9ClN4O2/c11-6-3-5(12)1-2-7(6)17-10-8(13)9(16)14-4-15-10/h1-4H,12-13H2,(H,14,15,16). The van der Waals surface area contributed by atoms with E-state index in [2.05, 4.69) is 9.97 Å². The van der Waals surface area contributed by atoms with Gasteiger partial charge >= 0.3 is 0 Å². The van der Waals surface area contributed by atoms with Crippen molar-refractivity contribution in [2.45, 2.75) is 0 Å². The van der Waals surface area contributed by atoms with E-state index in [1.165, 1.54) is 12.4 Å². The number of aromatic amines is 1. The van der Waals surface area contributed by atoms with Crippen LogP contribution in [-0.4, -0.2) is 9.97 Å². The number of halogens is 1. The molecule has 0 aliphatic rings. The van der Waals surface area contributed by atoms with E-state index >= 15 is 0 Å². The van der Waals surface area contributed by atoms with Gasteiger partial charge in [-0.15, -0.1) is 0 Å². The van der Waals surface area contributed by atoms with Gasteiger partial charge in [-0.1, -0.05) is 11.6 Å². The Morgan fingerprint density at radius 2 is 2.12 bits per heavy atom. The summed E-state index contributed by atoms with van der Waals surface area (Å²) in [5.74, 6) is 0.325. The normalized spacial score (nSPS) is 10.2. The number of hydrogen-bond acceptors (Lipinski definition) is 5. The Morgan fingerprint density at radius 1 is 1.35 bits per heavy atom. The fourth-order valence-corrected chi connectivity index (χ4v) is 1.41. The molecule has 0 bridgehead atoms. The van der Waals surface area contributed by atoms with Crippen molar-refractivity contribution in [1.29, 1.82) is 0 Å². The SMILES string of the molecule is Nc1ccc(Oc2nc[nH]c(=O)c2N)c(Cl)c1. The number of nitrogens with one attached hydrogen (secondary N) is 1. The molecule has 17 heavy (non-hydrogen) atoms. The summed E-state index contributed by atoms with van der Waals surface area (Å²) in [7, 11) is 0. The van der Waals surface area contributed by atoms with Crippen LogP contribution in [0.4, 0.5) is 11.4 Å². The first-order chi connectivity index (χ1) is 8.08. The lowest BCUT2D eigenvalue weighted by molar-refractivity contribution is 0.464. The maximum atomic E-state index is 11.2. The van der Waals surface area contributed by atoms with E-state index in [1.54, 1.807) is 12.1 Å². The average molecular weight is 253 g/mol. The Morgan fingerprint density at radius 3 is 2.82 bits per heavy atom. The van der Waals surface area contributed by atoms with Crippen LogP contribution < -0.4 is 21.8 Å². The van der Waals surface area contributed by atoms with Gasteiger partial charge in [-0.25, -0.2) is 4.98 Å². The highest BCUT2D eigenvalue weighted by molar-refractivity contribution is 6.32. The summed E-state index contributed by atoms with van der Waals surface area (Å²) in [6, 6.07) is 4.71.